The monoisotopic (exact) mass is 364 g/mol. The largest absolute Gasteiger partial charge is 0.494 e. The molecule has 27 heavy (non-hydrogen) atoms. The number of aryl methyl sites for hydroxylation is 2. The SMILES string of the molecule is CCOc1ccc2c(c1)c(C)c(C(=O)Nc1ccc(C(C)C)cc1)n2CC. The maximum atomic E-state index is 13.1. The van der Waals surface area contributed by atoms with E-state index in [1.165, 1.54) is 5.56 Å². The van der Waals surface area contributed by atoms with Crippen molar-refractivity contribution in [2.24, 2.45) is 0 Å². The lowest BCUT2D eigenvalue weighted by molar-refractivity contribution is 0.101. The standard InChI is InChI=1S/C23H28N2O2/c1-6-25-21-13-12-19(27-7-2)14-20(21)16(5)22(25)23(26)24-18-10-8-17(9-11-18)15(3)4/h8-15H,6-7H2,1-5H3,(H,24,26). The lowest BCUT2D eigenvalue weighted by atomic mass is 10.0. The summed E-state index contributed by atoms with van der Waals surface area (Å²) in [4.78, 5) is 13.1. The van der Waals surface area contributed by atoms with Crippen LogP contribution in [-0.4, -0.2) is 17.1 Å². The van der Waals surface area contributed by atoms with Gasteiger partial charge in [-0.3, -0.25) is 4.79 Å². The molecule has 0 unspecified atom stereocenters. The van der Waals surface area contributed by atoms with Crippen LogP contribution < -0.4 is 10.1 Å². The van der Waals surface area contributed by atoms with E-state index in [0.29, 0.717) is 18.2 Å². The van der Waals surface area contributed by atoms with Gasteiger partial charge in [0, 0.05) is 23.1 Å². The average Bonchev–Trinajstić information content (AvgIpc) is 2.94. The number of hydrogen-bond donors (Lipinski definition) is 1. The molecule has 0 bridgehead atoms. The van der Waals surface area contributed by atoms with Crippen molar-refractivity contribution in [2.75, 3.05) is 11.9 Å². The summed E-state index contributed by atoms with van der Waals surface area (Å²) in [6, 6.07) is 14.1. The number of aromatic nitrogens is 1. The predicted octanol–water partition coefficient (Wildman–Crippen LogP) is 5.74. The molecule has 1 N–H and O–H groups in total. The lowest BCUT2D eigenvalue weighted by Crippen LogP contribution is -2.17. The van der Waals surface area contributed by atoms with Crippen LogP contribution in [0.25, 0.3) is 10.9 Å². The lowest BCUT2D eigenvalue weighted by Gasteiger charge is -2.11. The Labute approximate surface area is 161 Å². The minimum absolute atomic E-state index is 0.0826. The molecule has 1 aromatic heterocycles. The van der Waals surface area contributed by atoms with E-state index in [9.17, 15) is 4.79 Å². The van der Waals surface area contributed by atoms with Crippen LogP contribution in [0, 0.1) is 6.92 Å². The van der Waals surface area contributed by atoms with Crippen LogP contribution in [0.15, 0.2) is 42.5 Å². The van der Waals surface area contributed by atoms with Gasteiger partial charge in [-0.1, -0.05) is 26.0 Å². The topological polar surface area (TPSA) is 43.3 Å². The summed E-state index contributed by atoms with van der Waals surface area (Å²) in [6.45, 7) is 11.7. The van der Waals surface area contributed by atoms with E-state index in [1.54, 1.807) is 0 Å². The normalized spacial score (nSPS) is 11.2. The Balaban J connectivity index is 1.96. The van der Waals surface area contributed by atoms with Gasteiger partial charge in [0.15, 0.2) is 0 Å². The molecule has 0 fully saturated rings. The number of nitrogens with zero attached hydrogens (tertiary/aromatic N) is 1. The highest BCUT2D eigenvalue weighted by atomic mass is 16.5. The molecule has 3 rings (SSSR count). The van der Waals surface area contributed by atoms with Crippen molar-refractivity contribution in [1.82, 2.24) is 4.57 Å². The van der Waals surface area contributed by atoms with E-state index in [4.69, 9.17) is 4.74 Å². The van der Waals surface area contributed by atoms with Crippen molar-refractivity contribution in [2.45, 2.75) is 47.1 Å². The van der Waals surface area contributed by atoms with Gasteiger partial charge in [-0.2, -0.15) is 0 Å². The molecule has 4 heteroatoms. The van der Waals surface area contributed by atoms with Gasteiger partial charge in [0.05, 0.1) is 6.61 Å². The van der Waals surface area contributed by atoms with Crippen molar-refractivity contribution in [3.05, 3.63) is 59.3 Å². The summed E-state index contributed by atoms with van der Waals surface area (Å²) < 4.78 is 7.70. The van der Waals surface area contributed by atoms with Crippen molar-refractivity contribution >= 4 is 22.5 Å². The molecule has 0 aliphatic carbocycles. The number of amides is 1. The Morgan fingerprint density at radius 2 is 1.81 bits per heavy atom. The van der Waals surface area contributed by atoms with Gasteiger partial charge in [-0.15, -0.1) is 0 Å². The van der Waals surface area contributed by atoms with Crippen LogP contribution in [0.3, 0.4) is 0 Å². The molecule has 1 heterocycles. The second-order valence-electron chi connectivity index (χ2n) is 7.06. The number of carbonyl (C=O) groups excluding carboxylic acids is 1. The molecular formula is C23H28N2O2. The highest BCUT2D eigenvalue weighted by Crippen LogP contribution is 2.30. The third kappa shape index (κ3) is 3.70. The second kappa shape index (κ2) is 7.87. The number of nitrogens with one attached hydrogen (secondary N) is 1. The van der Waals surface area contributed by atoms with Gasteiger partial charge >= 0.3 is 0 Å². The molecular weight excluding hydrogens is 336 g/mol. The Hall–Kier alpha value is -2.75. The molecule has 0 aliphatic heterocycles. The maximum absolute atomic E-state index is 13.1. The molecule has 4 nitrogen and oxygen atoms in total. The maximum Gasteiger partial charge on any atom is 0.272 e. The van der Waals surface area contributed by atoms with Crippen molar-refractivity contribution in [1.29, 1.82) is 0 Å². The molecule has 0 spiro atoms. The quantitative estimate of drug-likeness (QED) is 0.606. The first kappa shape index (κ1) is 19.0. The summed E-state index contributed by atoms with van der Waals surface area (Å²) in [7, 11) is 0. The van der Waals surface area contributed by atoms with Gasteiger partial charge in [-0.25, -0.2) is 0 Å². The summed E-state index contributed by atoms with van der Waals surface area (Å²) in [5.41, 5.74) is 4.81. The van der Waals surface area contributed by atoms with E-state index < -0.39 is 0 Å². The van der Waals surface area contributed by atoms with Crippen molar-refractivity contribution < 1.29 is 9.53 Å². The minimum atomic E-state index is -0.0826. The van der Waals surface area contributed by atoms with Gasteiger partial charge in [0.2, 0.25) is 0 Å². The van der Waals surface area contributed by atoms with E-state index in [0.717, 1.165) is 34.4 Å². The van der Waals surface area contributed by atoms with Gasteiger partial charge < -0.3 is 14.6 Å². The smallest absolute Gasteiger partial charge is 0.272 e. The summed E-state index contributed by atoms with van der Waals surface area (Å²) in [6.07, 6.45) is 0. The van der Waals surface area contributed by atoms with Gasteiger partial charge in [0.25, 0.3) is 5.91 Å². The number of rotatable bonds is 6. The Morgan fingerprint density at radius 1 is 1.11 bits per heavy atom. The zero-order valence-electron chi connectivity index (χ0n) is 16.8. The Morgan fingerprint density at radius 3 is 2.41 bits per heavy atom. The summed E-state index contributed by atoms with van der Waals surface area (Å²) in [5, 5.41) is 4.11. The fraction of sp³-hybridized carbons (Fsp3) is 0.348. The van der Waals surface area contributed by atoms with Crippen LogP contribution in [-0.2, 0) is 6.54 Å². The zero-order chi connectivity index (χ0) is 19.6. The highest BCUT2D eigenvalue weighted by Gasteiger charge is 2.20. The first-order chi connectivity index (χ1) is 13.0. The average molecular weight is 364 g/mol. The number of carbonyl (C=O) groups is 1. The third-order valence-corrected chi connectivity index (χ3v) is 4.97. The molecule has 0 saturated heterocycles. The molecule has 0 aliphatic rings. The summed E-state index contributed by atoms with van der Waals surface area (Å²) >= 11 is 0. The van der Waals surface area contributed by atoms with Crippen LogP contribution in [0.1, 0.15) is 55.2 Å². The van der Waals surface area contributed by atoms with Crippen LogP contribution >= 0.6 is 0 Å². The number of anilines is 1. The van der Waals surface area contributed by atoms with Crippen molar-refractivity contribution in [3.63, 3.8) is 0 Å². The summed E-state index contributed by atoms with van der Waals surface area (Å²) in [5.74, 6) is 1.22. The fourth-order valence-corrected chi connectivity index (χ4v) is 3.52. The van der Waals surface area contributed by atoms with Crippen molar-refractivity contribution in [3.8, 4) is 5.75 Å². The number of benzene rings is 2. The molecule has 3 aromatic rings. The van der Waals surface area contributed by atoms with E-state index >= 15 is 0 Å². The number of fused-ring (bicyclic) bond motifs is 1. The minimum Gasteiger partial charge on any atom is -0.494 e. The zero-order valence-corrected chi connectivity index (χ0v) is 16.8. The molecule has 1 amide bonds. The van der Waals surface area contributed by atoms with Gasteiger partial charge in [0.1, 0.15) is 11.4 Å². The second-order valence-corrected chi connectivity index (χ2v) is 7.06. The third-order valence-electron chi connectivity index (χ3n) is 4.97. The molecule has 2 aromatic carbocycles. The van der Waals surface area contributed by atoms with E-state index in [1.807, 2.05) is 44.2 Å². The molecule has 0 atom stereocenters. The van der Waals surface area contributed by atoms with Crippen LogP contribution in [0.4, 0.5) is 5.69 Å². The number of ether oxygens (including phenoxy) is 1. The fourth-order valence-electron chi connectivity index (χ4n) is 3.52. The predicted molar refractivity (Wildman–Crippen MR) is 112 cm³/mol. The number of hydrogen-bond acceptors (Lipinski definition) is 2. The highest BCUT2D eigenvalue weighted by molar-refractivity contribution is 6.08. The van der Waals surface area contributed by atoms with Gasteiger partial charge in [-0.05, 0) is 68.1 Å². The Kier molecular flexibility index (Phi) is 5.54. The van der Waals surface area contributed by atoms with E-state index in [-0.39, 0.29) is 5.91 Å². The molecule has 0 saturated carbocycles. The van der Waals surface area contributed by atoms with Crippen LogP contribution in [0.2, 0.25) is 0 Å². The Bertz CT molecular complexity index is 953. The molecule has 142 valence electrons. The van der Waals surface area contributed by atoms with Crippen LogP contribution in [0.5, 0.6) is 5.75 Å². The molecule has 0 radical (unpaired) electrons. The van der Waals surface area contributed by atoms with E-state index in [2.05, 4.69) is 42.8 Å². The first-order valence-electron chi connectivity index (χ1n) is 9.63. The first-order valence-corrected chi connectivity index (χ1v) is 9.63.